The molecule has 0 aliphatic carbocycles. The number of nitrogens with one attached hydrogen (secondary N) is 1. The van der Waals surface area contributed by atoms with E-state index in [2.05, 4.69) is 15.0 Å². The van der Waals surface area contributed by atoms with Gasteiger partial charge in [-0.1, -0.05) is 0 Å². The van der Waals surface area contributed by atoms with Crippen LogP contribution in [0.5, 0.6) is 0 Å². The highest BCUT2D eigenvalue weighted by Gasteiger charge is 2.12. The first-order valence-electron chi connectivity index (χ1n) is 4.60. The van der Waals surface area contributed by atoms with Crippen molar-refractivity contribution < 1.29 is 14.6 Å². The second kappa shape index (κ2) is 5.67. The summed E-state index contributed by atoms with van der Waals surface area (Å²) in [5.74, 6) is 0. The normalized spacial score (nSPS) is 12.2. The van der Waals surface area contributed by atoms with E-state index >= 15 is 0 Å². The average Bonchev–Trinajstić information content (AvgIpc) is 2.61. The number of thiazole rings is 1. The van der Waals surface area contributed by atoms with Crippen molar-refractivity contribution in [1.29, 1.82) is 0 Å². The fourth-order valence-electron chi connectivity index (χ4n) is 0.991. The second-order valence-corrected chi connectivity index (χ2v) is 4.30. The standard InChI is InChI=1S/C9H14N2O3S/c1-6-5-10-8(15-6)7(2)11-9(13)14-4-3-12/h5,7,12H,3-4H2,1-2H3,(H,11,13). The average molecular weight is 230 g/mol. The van der Waals surface area contributed by atoms with Crippen molar-refractivity contribution in [3.8, 4) is 0 Å². The summed E-state index contributed by atoms with van der Waals surface area (Å²) >= 11 is 1.53. The van der Waals surface area contributed by atoms with E-state index < -0.39 is 6.09 Å². The highest BCUT2D eigenvalue weighted by Crippen LogP contribution is 2.18. The number of carbonyl (C=O) groups excluding carboxylic acids is 1. The number of carbonyl (C=O) groups is 1. The van der Waals surface area contributed by atoms with Gasteiger partial charge in [0.05, 0.1) is 12.6 Å². The lowest BCUT2D eigenvalue weighted by atomic mass is 10.4. The van der Waals surface area contributed by atoms with Crippen LogP contribution in [0, 0.1) is 6.92 Å². The van der Waals surface area contributed by atoms with Crippen LogP contribution in [-0.4, -0.2) is 29.4 Å². The zero-order chi connectivity index (χ0) is 11.3. The van der Waals surface area contributed by atoms with Crippen molar-refractivity contribution in [3.63, 3.8) is 0 Å². The molecule has 1 heterocycles. The van der Waals surface area contributed by atoms with Gasteiger partial charge in [0, 0.05) is 11.1 Å². The largest absolute Gasteiger partial charge is 0.447 e. The molecular formula is C9H14N2O3S. The van der Waals surface area contributed by atoms with E-state index in [4.69, 9.17) is 5.11 Å². The van der Waals surface area contributed by atoms with Crippen molar-refractivity contribution in [2.75, 3.05) is 13.2 Å². The third kappa shape index (κ3) is 3.85. The number of hydrogen-bond donors (Lipinski definition) is 2. The van der Waals surface area contributed by atoms with Crippen molar-refractivity contribution in [1.82, 2.24) is 10.3 Å². The molecule has 0 bridgehead atoms. The zero-order valence-electron chi connectivity index (χ0n) is 8.69. The number of rotatable bonds is 4. The molecule has 0 aromatic carbocycles. The first-order valence-corrected chi connectivity index (χ1v) is 5.41. The van der Waals surface area contributed by atoms with E-state index in [1.165, 1.54) is 11.3 Å². The van der Waals surface area contributed by atoms with Crippen LogP contribution in [-0.2, 0) is 4.74 Å². The van der Waals surface area contributed by atoms with Crippen LogP contribution in [0.1, 0.15) is 22.9 Å². The maximum absolute atomic E-state index is 11.1. The molecule has 0 fully saturated rings. The Morgan fingerprint density at radius 3 is 3.07 bits per heavy atom. The summed E-state index contributed by atoms with van der Waals surface area (Å²) in [5.41, 5.74) is 0. The monoisotopic (exact) mass is 230 g/mol. The molecular weight excluding hydrogens is 216 g/mol. The Morgan fingerprint density at radius 2 is 2.53 bits per heavy atom. The number of aryl methyl sites for hydroxylation is 1. The molecule has 5 nitrogen and oxygen atoms in total. The van der Waals surface area contributed by atoms with Gasteiger partial charge in [0.2, 0.25) is 0 Å². The number of alkyl carbamates (subject to hydrolysis) is 1. The molecule has 0 aliphatic rings. The van der Waals surface area contributed by atoms with Crippen LogP contribution in [0.2, 0.25) is 0 Å². The van der Waals surface area contributed by atoms with Crippen LogP contribution in [0.3, 0.4) is 0 Å². The summed E-state index contributed by atoms with van der Waals surface area (Å²) in [7, 11) is 0. The molecule has 1 atom stereocenters. The van der Waals surface area contributed by atoms with Crippen LogP contribution in [0.15, 0.2) is 6.20 Å². The molecule has 0 saturated heterocycles. The quantitative estimate of drug-likeness (QED) is 0.816. The Labute approximate surface area is 92.1 Å². The molecule has 1 unspecified atom stereocenters. The minimum Gasteiger partial charge on any atom is -0.447 e. The summed E-state index contributed by atoms with van der Waals surface area (Å²) < 4.78 is 4.67. The smallest absolute Gasteiger partial charge is 0.407 e. The van der Waals surface area contributed by atoms with Crippen molar-refractivity contribution in [2.24, 2.45) is 0 Å². The minimum absolute atomic E-state index is 0.00938. The Kier molecular flexibility index (Phi) is 4.51. The first kappa shape index (κ1) is 11.9. The molecule has 1 rings (SSSR count). The highest BCUT2D eigenvalue weighted by atomic mass is 32.1. The van der Waals surface area contributed by atoms with Gasteiger partial charge < -0.3 is 15.2 Å². The van der Waals surface area contributed by atoms with Gasteiger partial charge in [0.15, 0.2) is 0 Å². The van der Waals surface area contributed by atoms with Gasteiger partial charge in [-0.25, -0.2) is 9.78 Å². The van der Waals surface area contributed by atoms with Crippen molar-refractivity contribution in [2.45, 2.75) is 19.9 Å². The van der Waals surface area contributed by atoms with E-state index in [0.717, 1.165) is 9.88 Å². The fourth-order valence-corrected chi connectivity index (χ4v) is 1.77. The minimum atomic E-state index is -0.538. The van der Waals surface area contributed by atoms with Gasteiger partial charge in [-0.15, -0.1) is 11.3 Å². The Bertz CT molecular complexity index is 327. The van der Waals surface area contributed by atoms with E-state index in [0.29, 0.717) is 0 Å². The highest BCUT2D eigenvalue weighted by molar-refractivity contribution is 7.11. The number of ether oxygens (including phenoxy) is 1. The number of amides is 1. The molecule has 0 aliphatic heterocycles. The van der Waals surface area contributed by atoms with Crippen molar-refractivity contribution >= 4 is 17.4 Å². The van der Waals surface area contributed by atoms with Crippen LogP contribution in [0.25, 0.3) is 0 Å². The fraction of sp³-hybridized carbons (Fsp3) is 0.556. The molecule has 1 aromatic rings. The molecule has 0 saturated carbocycles. The lowest BCUT2D eigenvalue weighted by Gasteiger charge is -2.10. The summed E-state index contributed by atoms with van der Waals surface area (Å²) in [6.07, 6.45) is 1.22. The number of aromatic nitrogens is 1. The van der Waals surface area contributed by atoms with Gasteiger partial charge in [-0.3, -0.25) is 0 Å². The molecule has 1 aromatic heterocycles. The molecule has 84 valence electrons. The Balaban J connectivity index is 2.41. The summed E-state index contributed by atoms with van der Waals surface area (Å²) in [4.78, 5) is 16.4. The Hall–Kier alpha value is -1.14. The topological polar surface area (TPSA) is 71.5 Å². The van der Waals surface area contributed by atoms with Gasteiger partial charge in [-0.05, 0) is 13.8 Å². The van der Waals surface area contributed by atoms with E-state index in [1.54, 1.807) is 6.20 Å². The van der Waals surface area contributed by atoms with Gasteiger partial charge >= 0.3 is 6.09 Å². The van der Waals surface area contributed by atoms with Crippen molar-refractivity contribution in [3.05, 3.63) is 16.1 Å². The summed E-state index contributed by atoms with van der Waals surface area (Å²) in [6, 6.07) is -0.171. The lowest BCUT2D eigenvalue weighted by molar-refractivity contribution is 0.116. The summed E-state index contributed by atoms with van der Waals surface area (Å²) in [5, 5.41) is 11.9. The van der Waals surface area contributed by atoms with Crippen LogP contribution < -0.4 is 5.32 Å². The number of aliphatic hydroxyl groups is 1. The maximum atomic E-state index is 11.1. The van der Waals surface area contributed by atoms with E-state index in [1.807, 2.05) is 13.8 Å². The third-order valence-electron chi connectivity index (χ3n) is 1.67. The van der Waals surface area contributed by atoms with Crippen LogP contribution >= 0.6 is 11.3 Å². The molecule has 0 radical (unpaired) electrons. The molecule has 1 amide bonds. The first-order chi connectivity index (χ1) is 7.13. The summed E-state index contributed by atoms with van der Waals surface area (Å²) in [6.45, 7) is 3.63. The third-order valence-corrected chi connectivity index (χ3v) is 2.76. The van der Waals surface area contributed by atoms with E-state index in [-0.39, 0.29) is 19.3 Å². The molecule has 15 heavy (non-hydrogen) atoms. The number of nitrogens with zero attached hydrogens (tertiary/aromatic N) is 1. The second-order valence-electron chi connectivity index (χ2n) is 3.03. The molecule has 0 spiro atoms. The van der Waals surface area contributed by atoms with Gasteiger partial charge in [-0.2, -0.15) is 0 Å². The van der Waals surface area contributed by atoms with Gasteiger partial charge in [0.1, 0.15) is 11.6 Å². The van der Waals surface area contributed by atoms with Gasteiger partial charge in [0.25, 0.3) is 0 Å². The SMILES string of the molecule is Cc1cnc(C(C)NC(=O)OCCO)s1. The van der Waals surface area contributed by atoms with E-state index in [9.17, 15) is 4.79 Å². The molecule has 6 heteroatoms. The zero-order valence-corrected chi connectivity index (χ0v) is 9.50. The van der Waals surface area contributed by atoms with Crippen LogP contribution in [0.4, 0.5) is 4.79 Å². The lowest BCUT2D eigenvalue weighted by Crippen LogP contribution is -2.28. The Morgan fingerprint density at radius 1 is 1.80 bits per heavy atom. The number of aliphatic hydroxyl groups excluding tert-OH is 1. The molecule has 2 N–H and O–H groups in total. The number of hydrogen-bond acceptors (Lipinski definition) is 5. The maximum Gasteiger partial charge on any atom is 0.407 e. The predicted octanol–water partition coefficient (Wildman–Crippen LogP) is 1.23. The predicted molar refractivity (Wildman–Crippen MR) is 56.8 cm³/mol.